The molecule has 0 aliphatic rings. The molecule has 8 heteroatoms. The van der Waals surface area contributed by atoms with Gasteiger partial charge >= 0.3 is 11.6 Å². The van der Waals surface area contributed by atoms with Crippen molar-refractivity contribution in [1.82, 2.24) is 5.32 Å². The summed E-state index contributed by atoms with van der Waals surface area (Å²) in [5, 5.41) is 31.4. The maximum Gasteiger partial charge on any atom is 0.339 e. The van der Waals surface area contributed by atoms with E-state index in [9.17, 15) is 29.7 Å². The Morgan fingerprint density at radius 2 is 1.73 bits per heavy atom. The highest BCUT2D eigenvalue weighted by Crippen LogP contribution is 2.23. The summed E-state index contributed by atoms with van der Waals surface area (Å²) in [5.41, 5.74) is 1.28. The van der Waals surface area contributed by atoms with Gasteiger partial charge in [-0.3, -0.25) is 4.79 Å². The number of fused-ring (bicyclic) bond motifs is 1. The number of carbonyl (C=O) groups is 2. The summed E-state index contributed by atoms with van der Waals surface area (Å²) in [6.07, 6.45) is 0.0545. The van der Waals surface area contributed by atoms with Crippen LogP contribution in [0.4, 0.5) is 0 Å². The van der Waals surface area contributed by atoms with Crippen LogP contribution in [0.2, 0.25) is 0 Å². The third-order valence-corrected chi connectivity index (χ3v) is 4.88. The van der Waals surface area contributed by atoms with E-state index in [2.05, 4.69) is 5.32 Å². The van der Waals surface area contributed by atoms with Crippen LogP contribution >= 0.6 is 0 Å². The van der Waals surface area contributed by atoms with Gasteiger partial charge in [-0.15, -0.1) is 0 Å². The predicted octanol–water partition coefficient (Wildman–Crippen LogP) is 2.26. The van der Waals surface area contributed by atoms with Crippen LogP contribution in [0.25, 0.3) is 11.0 Å². The highest BCUT2D eigenvalue weighted by molar-refractivity contribution is 5.85. The molecule has 0 spiro atoms. The molecule has 0 aliphatic carbocycles. The molecule has 2 aromatic carbocycles. The highest BCUT2D eigenvalue weighted by atomic mass is 16.4. The first kappa shape index (κ1) is 20.9. The van der Waals surface area contributed by atoms with Crippen LogP contribution in [0.15, 0.2) is 51.7 Å². The molecular formula is C22H21NO7. The van der Waals surface area contributed by atoms with Crippen LogP contribution in [0.5, 0.6) is 11.5 Å². The average molecular weight is 411 g/mol. The van der Waals surface area contributed by atoms with E-state index in [1.807, 2.05) is 0 Å². The van der Waals surface area contributed by atoms with E-state index in [1.165, 1.54) is 24.3 Å². The maximum atomic E-state index is 12.3. The first-order valence-electron chi connectivity index (χ1n) is 9.30. The standard InChI is InChI=1S/C22H21NO7/c1-12-16-7-6-15(25)11-19(16)30-22(29)17(12)8-9-20(26)23-18(21(27)28)10-13-2-4-14(24)5-3-13/h2-7,11,18,24-25H,8-10H2,1H3,(H,23,26)(H,27,28)/t18-/m0/s1. The Kier molecular flexibility index (Phi) is 6.06. The molecule has 1 aromatic heterocycles. The Bertz CT molecular complexity index is 1150. The summed E-state index contributed by atoms with van der Waals surface area (Å²) in [4.78, 5) is 36.1. The van der Waals surface area contributed by atoms with Crippen molar-refractivity contribution in [2.24, 2.45) is 0 Å². The van der Waals surface area contributed by atoms with Crippen LogP contribution in [0.1, 0.15) is 23.1 Å². The number of carboxylic acid groups (broad SMARTS) is 1. The number of benzene rings is 2. The monoisotopic (exact) mass is 411 g/mol. The van der Waals surface area contributed by atoms with E-state index < -0.39 is 23.5 Å². The molecule has 0 bridgehead atoms. The molecule has 1 heterocycles. The normalized spacial score (nSPS) is 11.9. The van der Waals surface area contributed by atoms with Gasteiger partial charge in [-0.2, -0.15) is 0 Å². The molecule has 0 fully saturated rings. The van der Waals surface area contributed by atoms with Crippen molar-refractivity contribution in [1.29, 1.82) is 0 Å². The van der Waals surface area contributed by atoms with Crippen molar-refractivity contribution < 1.29 is 29.3 Å². The molecule has 0 radical (unpaired) electrons. The summed E-state index contributed by atoms with van der Waals surface area (Å²) in [6, 6.07) is 9.37. The van der Waals surface area contributed by atoms with E-state index >= 15 is 0 Å². The zero-order chi connectivity index (χ0) is 21.8. The van der Waals surface area contributed by atoms with E-state index in [4.69, 9.17) is 4.42 Å². The Balaban J connectivity index is 1.69. The molecule has 4 N–H and O–H groups in total. The van der Waals surface area contributed by atoms with Crippen molar-refractivity contribution in [3.63, 3.8) is 0 Å². The summed E-state index contributed by atoms with van der Waals surface area (Å²) < 4.78 is 5.23. The minimum atomic E-state index is -1.18. The van der Waals surface area contributed by atoms with E-state index in [-0.39, 0.29) is 36.3 Å². The zero-order valence-electron chi connectivity index (χ0n) is 16.2. The van der Waals surface area contributed by atoms with Gasteiger partial charge in [0.05, 0.1) is 0 Å². The molecule has 0 saturated carbocycles. The number of amides is 1. The Morgan fingerprint density at radius 1 is 1.07 bits per heavy atom. The quantitative estimate of drug-likeness (QED) is 0.438. The summed E-state index contributed by atoms with van der Waals surface area (Å²) in [5.74, 6) is -1.65. The second kappa shape index (κ2) is 8.69. The third kappa shape index (κ3) is 4.78. The molecule has 30 heavy (non-hydrogen) atoms. The molecule has 0 aliphatic heterocycles. The molecule has 3 rings (SSSR count). The van der Waals surface area contributed by atoms with E-state index in [0.717, 1.165) is 0 Å². The van der Waals surface area contributed by atoms with Crippen molar-refractivity contribution >= 4 is 22.8 Å². The number of hydrogen-bond donors (Lipinski definition) is 4. The number of carbonyl (C=O) groups excluding carboxylic acids is 1. The van der Waals surface area contributed by atoms with Crippen molar-refractivity contribution in [3.05, 3.63) is 69.6 Å². The summed E-state index contributed by atoms with van der Waals surface area (Å²) in [6.45, 7) is 1.73. The van der Waals surface area contributed by atoms with Gasteiger partial charge in [-0.05, 0) is 48.7 Å². The lowest BCUT2D eigenvalue weighted by atomic mass is 10.0. The summed E-state index contributed by atoms with van der Waals surface area (Å²) in [7, 11) is 0. The van der Waals surface area contributed by atoms with Gasteiger partial charge in [0.15, 0.2) is 0 Å². The number of aliphatic carboxylic acids is 1. The van der Waals surface area contributed by atoms with Gasteiger partial charge in [0, 0.05) is 29.9 Å². The van der Waals surface area contributed by atoms with Crippen molar-refractivity contribution in [2.75, 3.05) is 0 Å². The molecule has 3 aromatic rings. The van der Waals surface area contributed by atoms with Gasteiger partial charge in [0.25, 0.3) is 0 Å². The number of carboxylic acids is 1. The number of rotatable bonds is 7. The smallest absolute Gasteiger partial charge is 0.339 e. The average Bonchev–Trinajstić information content (AvgIpc) is 2.68. The molecular weight excluding hydrogens is 390 g/mol. The van der Waals surface area contributed by atoms with Crippen molar-refractivity contribution in [2.45, 2.75) is 32.2 Å². The second-order valence-corrected chi connectivity index (χ2v) is 7.00. The number of nitrogens with one attached hydrogen (secondary N) is 1. The third-order valence-electron chi connectivity index (χ3n) is 4.88. The number of aryl methyl sites for hydroxylation is 1. The fraction of sp³-hybridized carbons (Fsp3) is 0.227. The predicted molar refractivity (Wildman–Crippen MR) is 109 cm³/mol. The Labute approximate surface area is 171 Å². The van der Waals surface area contributed by atoms with Crippen LogP contribution in [-0.4, -0.2) is 33.2 Å². The number of phenols is 2. The molecule has 0 saturated heterocycles. The minimum Gasteiger partial charge on any atom is -0.508 e. The zero-order valence-corrected chi connectivity index (χ0v) is 16.2. The Morgan fingerprint density at radius 3 is 2.40 bits per heavy atom. The van der Waals surface area contributed by atoms with Gasteiger partial charge in [0.2, 0.25) is 5.91 Å². The lowest BCUT2D eigenvalue weighted by molar-refractivity contribution is -0.141. The van der Waals surface area contributed by atoms with E-state index in [0.29, 0.717) is 22.1 Å². The fourth-order valence-corrected chi connectivity index (χ4v) is 3.24. The fourth-order valence-electron chi connectivity index (χ4n) is 3.24. The first-order valence-corrected chi connectivity index (χ1v) is 9.30. The molecule has 1 atom stereocenters. The topological polar surface area (TPSA) is 137 Å². The van der Waals surface area contributed by atoms with Crippen LogP contribution < -0.4 is 10.9 Å². The Hall–Kier alpha value is -3.81. The van der Waals surface area contributed by atoms with E-state index in [1.54, 1.807) is 25.1 Å². The van der Waals surface area contributed by atoms with Crippen LogP contribution in [0, 0.1) is 6.92 Å². The van der Waals surface area contributed by atoms with Gasteiger partial charge in [0.1, 0.15) is 23.1 Å². The highest BCUT2D eigenvalue weighted by Gasteiger charge is 2.21. The SMILES string of the molecule is Cc1c(CCC(=O)N[C@@H](Cc2ccc(O)cc2)C(=O)O)c(=O)oc2cc(O)ccc12. The maximum absolute atomic E-state index is 12.3. The van der Waals surface area contributed by atoms with Gasteiger partial charge < -0.3 is 25.1 Å². The lowest BCUT2D eigenvalue weighted by Gasteiger charge is -2.15. The minimum absolute atomic E-state index is 0.0227. The number of aromatic hydroxyl groups is 2. The van der Waals surface area contributed by atoms with Gasteiger partial charge in [-0.1, -0.05) is 12.1 Å². The lowest BCUT2D eigenvalue weighted by Crippen LogP contribution is -2.42. The van der Waals surface area contributed by atoms with Gasteiger partial charge in [-0.25, -0.2) is 9.59 Å². The molecule has 8 nitrogen and oxygen atoms in total. The van der Waals surface area contributed by atoms with Crippen LogP contribution in [0.3, 0.4) is 0 Å². The summed E-state index contributed by atoms with van der Waals surface area (Å²) >= 11 is 0. The molecule has 156 valence electrons. The molecule has 1 amide bonds. The number of hydrogen-bond acceptors (Lipinski definition) is 6. The van der Waals surface area contributed by atoms with Crippen LogP contribution in [-0.2, 0) is 22.4 Å². The number of phenolic OH excluding ortho intramolecular Hbond substituents is 2. The largest absolute Gasteiger partial charge is 0.508 e. The van der Waals surface area contributed by atoms with Crippen molar-refractivity contribution in [3.8, 4) is 11.5 Å². The second-order valence-electron chi connectivity index (χ2n) is 7.00. The molecule has 0 unspecified atom stereocenters. The first-order chi connectivity index (χ1) is 14.2.